The molecule has 8 nitrogen and oxygen atoms in total. The van der Waals surface area contributed by atoms with Crippen molar-refractivity contribution in [3.63, 3.8) is 0 Å². The van der Waals surface area contributed by atoms with Crippen molar-refractivity contribution in [1.82, 2.24) is 10.4 Å². The topological polar surface area (TPSA) is 90.9 Å². The normalized spacial score (nSPS) is 9.48. The van der Waals surface area contributed by atoms with E-state index in [2.05, 4.69) is 15.8 Å². The molecule has 0 bridgehead atoms. The van der Waals surface area contributed by atoms with Gasteiger partial charge in [0.05, 0.1) is 27.9 Å². The summed E-state index contributed by atoms with van der Waals surface area (Å²) in [5.74, 6) is 1.76. The number of hydrogen-bond acceptors (Lipinski definition) is 9. The van der Waals surface area contributed by atoms with Gasteiger partial charge in [0, 0.05) is 18.5 Å². The lowest BCUT2D eigenvalue weighted by molar-refractivity contribution is 0.0520. The van der Waals surface area contributed by atoms with Gasteiger partial charge >= 0.3 is 5.97 Å². The number of aromatic nitrogens is 1. The van der Waals surface area contributed by atoms with Crippen LogP contribution in [0.1, 0.15) is 17.4 Å². The zero-order valence-corrected chi connectivity index (χ0v) is 15.7. The lowest BCUT2D eigenvalue weighted by atomic mass is 10.3. The summed E-state index contributed by atoms with van der Waals surface area (Å²) in [6, 6.07) is 5.40. The van der Waals surface area contributed by atoms with Crippen molar-refractivity contribution in [3.05, 3.63) is 29.3 Å². The van der Waals surface area contributed by atoms with E-state index in [0.717, 1.165) is 5.75 Å². The maximum Gasteiger partial charge on any atom is 0.357 e. The number of hydrazine groups is 1. The van der Waals surface area contributed by atoms with Crippen LogP contribution in [-0.4, -0.2) is 45.9 Å². The van der Waals surface area contributed by atoms with Gasteiger partial charge in [-0.1, -0.05) is 0 Å². The van der Waals surface area contributed by atoms with Crippen molar-refractivity contribution < 1.29 is 23.7 Å². The number of ether oxygens (including phenoxy) is 4. The number of thiazole rings is 1. The van der Waals surface area contributed by atoms with E-state index in [0.29, 0.717) is 28.9 Å². The second-order valence-electron chi connectivity index (χ2n) is 4.35. The van der Waals surface area contributed by atoms with Gasteiger partial charge in [0.2, 0.25) is 0 Å². The third-order valence-electron chi connectivity index (χ3n) is 2.81. The standard InChI is InChI=1S/C9H12O3.C7H11N3O2S/c1-10-7-4-5-8(11-2)9(6-7)12-3;1-3-12-6(11)5-4-13-7(9-5)10-8-2/h4-6H,1-3H3;4,8H,3H2,1-2H3,(H,9,10). The summed E-state index contributed by atoms with van der Waals surface area (Å²) in [4.78, 5) is 15.1. The molecule has 0 aliphatic heterocycles. The molecule has 25 heavy (non-hydrogen) atoms. The first-order chi connectivity index (χ1) is 12.1. The number of carbonyl (C=O) groups excluding carboxylic acids is 1. The molecule has 0 fully saturated rings. The number of nitrogens with one attached hydrogen (secondary N) is 2. The first-order valence-corrected chi connectivity index (χ1v) is 8.28. The molecule has 0 radical (unpaired) electrons. The molecule has 1 aromatic carbocycles. The minimum atomic E-state index is -0.386. The molecule has 0 spiro atoms. The number of carbonyl (C=O) groups is 1. The number of methoxy groups -OCH3 is 3. The highest BCUT2D eigenvalue weighted by molar-refractivity contribution is 7.13. The van der Waals surface area contributed by atoms with E-state index in [4.69, 9.17) is 18.9 Å². The average Bonchev–Trinajstić information content (AvgIpc) is 3.11. The van der Waals surface area contributed by atoms with Gasteiger partial charge in [0.1, 0.15) is 5.75 Å². The van der Waals surface area contributed by atoms with Crippen LogP contribution in [0.2, 0.25) is 0 Å². The number of nitrogens with zero attached hydrogens (tertiary/aromatic N) is 1. The molecular weight excluding hydrogens is 346 g/mol. The maximum atomic E-state index is 11.1. The quantitative estimate of drug-likeness (QED) is 0.568. The van der Waals surface area contributed by atoms with Crippen molar-refractivity contribution in [2.75, 3.05) is 40.4 Å². The Kier molecular flexibility index (Phi) is 9.12. The minimum Gasteiger partial charge on any atom is -0.497 e. The van der Waals surface area contributed by atoms with Crippen molar-refractivity contribution in [2.24, 2.45) is 0 Å². The molecule has 138 valence electrons. The van der Waals surface area contributed by atoms with Crippen molar-refractivity contribution >= 4 is 22.4 Å². The summed E-state index contributed by atoms with van der Waals surface area (Å²) >= 11 is 1.34. The Labute approximate surface area is 151 Å². The van der Waals surface area contributed by atoms with Crippen molar-refractivity contribution in [1.29, 1.82) is 0 Å². The highest BCUT2D eigenvalue weighted by Gasteiger charge is 2.10. The van der Waals surface area contributed by atoms with Gasteiger partial charge in [-0.05, 0) is 19.1 Å². The predicted octanol–water partition coefficient (Wildman–Crippen LogP) is 2.58. The zero-order chi connectivity index (χ0) is 18.7. The summed E-state index contributed by atoms with van der Waals surface area (Å²) in [5, 5.41) is 2.29. The molecule has 0 unspecified atom stereocenters. The Morgan fingerprint density at radius 2 is 1.88 bits per heavy atom. The molecule has 2 aromatic rings. The van der Waals surface area contributed by atoms with Gasteiger partial charge in [0.25, 0.3) is 0 Å². The largest absolute Gasteiger partial charge is 0.497 e. The molecular formula is C16H23N3O5S. The fraction of sp³-hybridized carbons (Fsp3) is 0.375. The lowest BCUT2D eigenvalue weighted by Gasteiger charge is -2.08. The van der Waals surface area contributed by atoms with E-state index in [1.54, 1.807) is 52.8 Å². The van der Waals surface area contributed by atoms with Crippen molar-refractivity contribution in [2.45, 2.75) is 6.92 Å². The molecule has 0 amide bonds. The van der Waals surface area contributed by atoms with Gasteiger partial charge in [-0.15, -0.1) is 11.3 Å². The summed E-state index contributed by atoms with van der Waals surface area (Å²) < 4.78 is 19.9. The number of anilines is 1. The van der Waals surface area contributed by atoms with Crippen molar-refractivity contribution in [3.8, 4) is 17.2 Å². The highest BCUT2D eigenvalue weighted by atomic mass is 32.1. The maximum absolute atomic E-state index is 11.1. The smallest absolute Gasteiger partial charge is 0.357 e. The monoisotopic (exact) mass is 369 g/mol. The molecule has 2 rings (SSSR count). The Morgan fingerprint density at radius 1 is 1.16 bits per heavy atom. The second-order valence-corrected chi connectivity index (χ2v) is 5.21. The van der Waals surface area contributed by atoms with Crippen LogP contribution >= 0.6 is 11.3 Å². The van der Waals surface area contributed by atoms with Crippen LogP contribution in [-0.2, 0) is 4.74 Å². The fourth-order valence-electron chi connectivity index (χ4n) is 1.68. The first-order valence-electron chi connectivity index (χ1n) is 7.40. The van der Waals surface area contributed by atoms with E-state index in [1.807, 2.05) is 6.07 Å². The summed E-state index contributed by atoms with van der Waals surface area (Å²) in [5.41, 5.74) is 5.83. The molecule has 0 aliphatic carbocycles. The van der Waals surface area contributed by atoms with Crippen LogP contribution in [0.15, 0.2) is 23.6 Å². The summed E-state index contributed by atoms with van der Waals surface area (Å²) in [6.45, 7) is 2.13. The molecule has 1 aromatic heterocycles. The average molecular weight is 369 g/mol. The summed E-state index contributed by atoms with van der Waals surface area (Å²) in [7, 11) is 6.54. The van der Waals surface area contributed by atoms with Gasteiger partial charge in [-0.25, -0.2) is 15.2 Å². The minimum absolute atomic E-state index is 0.338. The number of rotatable bonds is 7. The van der Waals surface area contributed by atoms with E-state index in [-0.39, 0.29) is 5.97 Å². The highest BCUT2D eigenvalue weighted by Crippen LogP contribution is 2.30. The second kappa shape index (κ2) is 11.1. The molecule has 0 saturated carbocycles. The van der Waals surface area contributed by atoms with Crippen LogP contribution < -0.4 is 25.1 Å². The summed E-state index contributed by atoms with van der Waals surface area (Å²) in [6.07, 6.45) is 0. The Hall–Kier alpha value is -2.52. The van der Waals surface area contributed by atoms with Gasteiger partial charge < -0.3 is 18.9 Å². The van der Waals surface area contributed by atoms with Crippen LogP contribution in [0.25, 0.3) is 0 Å². The molecule has 1 heterocycles. The van der Waals surface area contributed by atoms with E-state index in [9.17, 15) is 4.79 Å². The van der Waals surface area contributed by atoms with Crippen LogP contribution in [0.5, 0.6) is 17.2 Å². The molecule has 0 aliphatic rings. The Balaban J connectivity index is 0.000000251. The molecule has 0 saturated heterocycles. The third kappa shape index (κ3) is 6.48. The third-order valence-corrected chi connectivity index (χ3v) is 3.57. The van der Waals surface area contributed by atoms with Crippen LogP contribution in [0, 0.1) is 0 Å². The Bertz CT molecular complexity index is 663. The van der Waals surface area contributed by atoms with Crippen LogP contribution in [0.4, 0.5) is 5.13 Å². The fourth-order valence-corrected chi connectivity index (χ4v) is 2.36. The van der Waals surface area contributed by atoms with Crippen LogP contribution in [0.3, 0.4) is 0 Å². The predicted molar refractivity (Wildman–Crippen MR) is 96.9 cm³/mol. The zero-order valence-electron chi connectivity index (χ0n) is 14.9. The molecule has 9 heteroatoms. The van der Waals surface area contributed by atoms with Gasteiger partial charge in [-0.3, -0.25) is 5.43 Å². The molecule has 0 atom stereocenters. The Morgan fingerprint density at radius 3 is 2.44 bits per heavy atom. The lowest BCUT2D eigenvalue weighted by Crippen LogP contribution is -2.15. The number of hydrogen-bond donors (Lipinski definition) is 2. The number of esters is 1. The molecule has 2 N–H and O–H groups in total. The van der Waals surface area contributed by atoms with E-state index >= 15 is 0 Å². The first kappa shape index (κ1) is 20.5. The van der Waals surface area contributed by atoms with Gasteiger partial charge in [-0.2, -0.15) is 0 Å². The SMILES string of the molecule is CCOC(=O)c1csc(NNC)n1.COc1ccc(OC)c(OC)c1. The van der Waals surface area contributed by atoms with Gasteiger partial charge in [0.15, 0.2) is 22.3 Å². The van der Waals surface area contributed by atoms with E-state index < -0.39 is 0 Å². The van der Waals surface area contributed by atoms with E-state index in [1.165, 1.54) is 11.3 Å². The number of benzene rings is 1.